The van der Waals surface area contributed by atoms with E-state index in [1.807, 2.05) is 24.3 Å². The third-order valence-electron chi connectivity index (χ3n) is 6.91. The minimum absolute atomic E-state index is 0.000137. The molecule has 2 unspecified atom stereocenters. The summed E-state index contributed by atoms with van der Waals surface area (Å²) >= 11 is 13.4. The van der Waals surface area contributed by atoms with Gasteiger partial charge in [-0.3, -0.25) is 9.59 Å². The van der Waals surface area contributed by atoms with Crippen molar-refractivity contribution in [2.24, 2.45) is 11.8 Å². The number of thiophene rings is 1. The molecule has 7 heteroatoms. The summed E-state index contributed by atoms with van der Waals surface area (Å²) in [5.41, 5.74) is 3.12. The minimum atomic E-state index is -0.712. The minimum Gasteiger partial charge on any atom is -0.481 e. The van der Waals surface area contributed by atoms with Crippen molar-refractivity contribution < 1.29 is 14.7 Å². The van der Waals surface area contributed by atoms with Crippen molar-refractivity contribution in [2.45, 2.75) is 70.8 Å². The number of rotatable bonds is 9. The molecule has 0 bridgehead atoms. The predicted molar refractivity (Wildman–Crippen MR) is 138 cm³/mol. The SMILES string of the molecule is O=C(NCc1ccc(Cl)cc1)c1c(CCCC(=S)C2CCCCC2C(=O)O)sc2c1CCC2. The molecule has 1 fully saturated rings. The first-order valence-corrected chi connectivity index (χ1v) is 13.5. The maximum Gasteiger partial charge on any atom is 0.307 e. The maximum atomic E-state index is 13.2. The Morgan fingerprint density at radius 2 is 1.82 bits per heavy atom. The van der Waals surface area contributed by atoms with Gasteiger partial charge in [-0.25, -0.2) is 0 Å². The predicted octanol–water partition coefficient (Wildman–Crippen LogP) is 6.40. The van der Waals surface area contributed by atoms with Crippen LogP contribution in [0, 0.1) is 11.8 Å². The number of hydrogen-bond donors (Lipinski definition) is 2. The van der Waals surface area contributed by atoms with E-state index in [4.69, 9.17) is 23.8 Å². The average molecular weight is 504 g/mol. The van der Waals surface area contributed by atoms with E-state index >= 15 is 0 Å². The summed E-state index contributed by atoms with van der Waals surface area (Å²) in [4.78, 5) is 28.2. The number of carboxylic acids is 1. The van der Waals surface area contributed by atoms with E-state index in [1.54, 1.807) is 11.3 Å². The van der Waals surface area contributed by atoms with E-state index in [-0.39, 0.29) is 17.7 Å². The lowest BCUT2D eigenvalue weighted by Crippen LogP contribution is -2.31. The van der Waals surface area contributed by atoms with E-state index in [1.165, 1.54) is 10.4 Å². The molecule has 33 heavy (non-hydrogen) atoms. The van der Waals surface area contributed by atoms with Crippen molar-refractivity contribution in [1.82, 2.24) is 5.32 Å². The Morgan fingerprint density at radius 3 is 2.55 bits per heavy atom. The van der Waals surface area contributed by atoms with Gasteiger partial charge in [-0.2, -0.15) is 0 Å². The monoisotopic (exact) mass is 503 g/mol. The Morgan fingerprint density at radius 1 is 1.09 bits per heavy atom. The lowest BCUT2D eigenvalue weighted by molar-refractivity contribution is -0.143. The van der Waals surface area contributed by atoms with E-state index in [0.29, 0.717) is 11.6 Å². The molecular weight excluding hydrogens is 474 g/mol. The molecule has 1 aromatic carbocycles. The standard InChI is InChI=1S/C26H30ClNO3S2/c27-17-13-11-16(12-14-17)15-28-25(29)24-20-7-3-9-22(20)33-23(24)10-4-8-21(32)18-5-1-2-6-19(18)26(30)31/h11-14,18-19H,1-10,15H2,(H,28,29)(H,30,31). The molecule has 0 radical (unpaired) electrons. The molecule has 1 amide bonds. The molecular formula is C26H30ClNO3S2. The molecule has 1 heterocycles. The normalized spacial score (nSPS) is 19.8. The van der Waals surface area contributed by atoms with Crippen LogP contribution in [0.2, 0.25) is 5.02 Å². The van der Waals surface area contributed by atoms with Crippen molar-refractivity contribution in [1.29, 1.82) is 0 Å². The van der Waals surface area contributed by atoms with Crippen LogP contribution < -0.4 is 5.32 Å². The molecule has 2 atom stereocenters. The number of aliphatic carboxylic acids is 1. The number of fused-ring (bicyclic) bond motifs is 1. The van der Waals surface area contributed by atoms with Crippen LogP contribution in [0.15, 0.2) is 24.3 Å². The molecule has 2 N–H and O–H groups in total. The molecule has 176 valence electrons. The van der Waals surface area contributed by atoms with Gasteiger partial charge >= 0.3 is 5.97 Å². The third kappa shape index (κ3) is 5.84. The van der Waals surface area contributed by atoms with Crippen LogP contribution in [0.3, 0.4) is 0 Å². The number of thiocarbonyl (C=S) groups is 1. The van der Waals surface area contributed by atoms with Crippen LogP contribution in [-0.2, 0) is 30.6 Å². The summed E-state index contributed by atoms with van der Waals surface area (Å²) in [6.07, 6.45) is 9.21. The van der Waals surface area contributed by atoms with Gasteiger partial charge in [-0.05, 0) is 79.5 Å². The summed E-state index contributed by atoms with van der Waals surface area (Å²) < 4.78 is 0. The Hall–Kier alpha value is -1.76. The molecule has 0 spiro atoms. The first-order valence-electron chi connectivity index (χ1n) is 11.9. The summed E-state index contributed by atoms with van der Waals surface area (Å²) in [7, 11) is 0. The van der Waals surface area contributed by atoms with Crippen molar-refractivity contribution in [3.05, 3.63) is 55.7 Å². The zero-order valence-electron chi connectivity index (χ0n) is 18.7. The molecule has 1 saturated carbocycles. The molecule has 4 rings (SSSR count). The van der Waals surface area contributed by atoms with Gasteiger partial charge in [-0.15, -0.1) is 11.3 Å². The summed E-state index contributed by atoms with van der Waals surface area (Å²) in [6.45, 7) is 0.475. The van der Waals surface area contributed by atoms with Gasteiger partial charge in [0, 0.05) is 27.2 Å². The first-order chi connectivity index (χ1) is 15.9. The number of carboxylic acid groups (broad SMARTS) is 1. The van der Waals surface area contributed by atoms with Gasteiger partial charge in [0.25, 0.3) is 5.91 Å². The van der Waals surface area contributed by atoms with Crippen molar-refractivity contribution in [3.8, 4) is 0 Å². The summed E-state index contributed by atoms with van der Waals surface area (Å²) in [5.74, 6) is -1.02. The zero-order chi connectivity index (χ0) is 23.4. The number of carbonyl (C=O) groups is 2. The number of amides is 1. The molecule has 4 nitrogen and oxygen atoms in total. The molecule has 2 aromatic rings. The highest BCUT2D eigenvalue weighted by Crippen LogP contribution is 2.37. The van der Waals surface area contributed by atoms with Crippen LogP contribution in [0.1, 0.15) is 76.2 Å². The second-order valence-corrected chi connectivity index (χ2v) is 11.3. The Labute approximate surface area is 209 Å². The number of benzene rings is 1. The van der Waals surface area contributed by atoms with E-state index in [2.05, 4.69) is 5.32 Å². The topological polar surface area (TPSA) is 66.4 Å². The van der Waals surface area contributed by atoms with Crippen LogP contribution in [0.4, 0.5) is 0 Å². The molecule has 2 aliphatic carbocycles. The van der Waals surface area contributed by atoms with Gasteiger partial charge in [0.1, 0.15) is 0 Å². The number of nitrogens with one attached hydrogen (secondary N) is 1. The van der Waals surface area contributed by atoms with Crippen molar-refractivity contribution in [2.75, 3.05) is 0 Å². The van der Waals surface area contributed by atoms with Crippen molar-refractivity contribution in [3.63, 3.8) is 0 Å². The Bertz CT molecular complexity index is 1030. The van der Waals surface area contributed by atoms with E-state index in [0.717, 1.165) is 85.1 Å². The van der Waals surface area contributed by atoms with Gasteiger partial charge in [0.05, 0.1) is 11.5 Å². The Kier molecular flexibility index (Phi) is 8.20. The molecule has 2 aliphatic rings. The highest BCUT2D eigenvalue weighted by molar-refractivity contribution is 7.80. The fourth-order valence-electron chi connectivity index (χ4n) is 5.19. The quantitative estimate of drug-likeness (QED) is 0.388. The van der Waals surface area contributed by atoms with E-state index in [9.17, 15) is 14.7 Å². The summed E-state index contributed by atoms with van der Waals surface area (Å²) in [6, 6.07) is 7.53. The largest absolute Gasteiger partial charge is 0.481 e. The van der Waals surface area contributed by atoms with Crippen molar-refractivity contribution >= 4 is 51.9 Å². The van der Waals surface area contributed by atoms with Gasteiger partial charge in [0.2, 0.25) is 0 Å². The number of aryl methyl sites for hydroxylation is 2. The number of halogens is 1. The molecule has 1 aromatic heterocycles. The molecule has 0 saturated heterocycles. The smallest absolute Gasteiger partial charge is 0.307 e. The lowest BCUT2D eigenvalue weighted by Gasteiger charge is -2.29. The van der Waals surface area contributed by atoms with E-state index < -0.39 is 5.97 Å². The van der Waals surface area contributed by atoms with Crippen LogP contribution in [0.25, 0.3) is 0 Å². The zero-order valence-corrected chi connectivity index (χ0v) is 21.1. The maximum absolute atomic E-state index is 13.2. The first kappa shape index (κ1) is 24.4. The van der Waals surface area contributed by atoms with Gasteiger partial charge in [0.15, 0.2) is 0 Å². The highest BCUT2D eigenvalue weighted by Gasteiger charge is 2.33. The van der Waals surface area contributed by atoms with Crippen LogP contribution >= 0.6 is 35.2 Å². The lowest BCUT2D eigenvalue weighted by atomic mass is 9.76. The van der Waals surface area contributed by atoms with Crippen LogP contribution in [-0.4, -0.2) is 21.8 Å². The third-order valence-corrected chi connectivity index (χ3v) is 9.02. The second kappa shape index (κ2) is 11.1. The Balaban J connectivity index is 1.39. The average Bonchev–Trinajstić information content (AvgIpc) is 3.39. The fraction of sp³-hybridized carbons (Fsp3) is 0.500. The second-order valence-electron chi connectivity index (χ2n) is 9.12. The van der Waals surface area contributed by atoms with Crippen LogP contribution in [0.5, 0.6) is 0 Å². The van der Waals surface area contributed by atoms with Gasteiger partial charge < -0.3 is 10.4 Å². The molecule has 0 aliphatic heterocycles. The highest BCUT2D eigenvalue weighted by atomic mass is 35.5. The number of carbonyl (C=O) groups excluding carboxylic acids is 1. The fourth-order valence-corrected chi connectivity index (χ4v) is 7.18. The number of hydrogen-bond acceptors (Lipinski definition) is 4. The summed E-state index contributed by atoms with van der Waals surface area (Å²) in [5, 5.41) is 13.3. The van der Waals surface area contributed by atoms with Gasteiger partial charge in [-0.1, -0.05) is 48.8 Å².